The second-order valence-electron chi connectivity index (χ2n) is 5.50. The zero-order valence-electron chi connectivity index (χ0n) is 11.8. The Morgan fingerprint density at radius 1 is 1.17 bits per heavy atom. The van der Waals surface area contributed by atoms with E-state index in [0.29, 0.717) is 5.92 Å². The third kappa shape index (κ3) is 2.29. The molecule has 0 spiro atoms. The molecular formula is C18H24. The third-order valence-electron chi connectivity index (χ3n) is 4.46. The highest BCUT2D eigenvalue weighted by atomic mass is 14.4. The van der Waals surface area contributed by atoms with Crippen LogP contribution in [0.5, 0.6) is 0 Å². The molecule has 0 N–H and O–H groups in total. The standard InChI is InChI=1S/C18H24/c1-4-5-13-18(17-11-7-6-8-12-17)14-9-10-15(2)16(18)3/h6-12,14,16H,4-5,13H2,1-3H3. The van der Waals surface area contributed by atoms with Crippen molar-refractivity contribution in [3.8, 4) is 0 Å². The maximum absolute atomic E-state index is 2.43. The highest BCUT2D eigenvalue weighted by Gasteiger charge is 2.36. The number of benzene rings is 1. The molecule has 18 heavy (non-hydrogen) atoms. The molecule has 2 rings (SSSR count). The molecule has 0 nitrogen and oxygen atoms in total. The highest BCUT2D eigenvalue weighted by Crippen LogP contribution is 2.44. The summed E-state index contributed by atoms with van der Waals surface area (Å²) in [4.78, 5) is 0. The van der Waals surface area contributed by atoms with Gasteiger partial charge in [-0.05, 0) is 24.8 Å². The average molecular weight is 240 g/mol. The summed E-state index contributed by atoms with van der Waals surface area (Å²) in [6.45, 7) is 6.91. The lowest BCUT2D eigenvalue weighted by Gasteiger charge is -2.40. The van der Waals surface area contributed by atoms with Crippen LogP contribution in [0.2, 0.25) is 0 Å². The van der Waals surface area contributed by atoms with E-state index >= 15 is 0 Å². The van der Waals surface area contributed by atoms with Crippen LogP contribution in [0.15, 0.2) is 54.1 Å². The van der Waals surface area contributed by atoms with Crippen LogP contribution < -0.4 is 0 Å². The van der Waals surface area contributed by atoms with Gasteiger partial charge in [0.15, 0.2) is 0 Å². The van der Waals surface area contributed by atoms with Crippen LogP contribution in [0.25, 0.3) is 0 Å². The van der Waals surface area contributed by atoms with E-state index in [9.17, 15) is 0 Å². The minimum absolute atomic E-state index is 0.204. The van der Waals surface area contributed by atoms with Gasteiger partial charge < -0.3 is 0 Å². The monoisotopic (exact) mass is 240 g/mol. The minimum atomic E-state index is 0.204. The lowest BCUT2D eigenvalue weighted by atomic mass is 9.64. The van der Waals surface area contributed by atoms with E-state index in [2.05, 4.69) is 69.3 Å². The second-order valence-corrected chi connectivity index (χ2v) is 5.50. The van der Waals surface area contributed by atoms with E-state index in [-0.39, 0.29) is 5.41 Å². The Hall–Kier alpha value is -1.30. The first-order valence-electron chi connectivity index (χ1n) is 7.12. The zero-order valence-corrected chi connectivity index (χ0v) is 11.8. The molecule has 0 amide bonds. The van der Waals surface area contributed by atoms with E-state index in [0.717, 1.165) is 0 Å². The average Bonchev–Trinajstić information content (AvgIpc) is 2.42. The Labute approximate surface area is 111 Å². The molecule has 0 heteroatoms. The molecule has 1 aromatic carbocycles. The first kappa shape index (κ1) is 13.1. The Morgan fingerprint density at radius 2 is 1.89 bits per heavy atom. The van der Waals surface area contributed by atoms with Crippen LogP contribution in [0, 0.1) is 5.92 Å². The van der Waals surface area contributed by atoms with Crippen molar-refractivity contribution in [2.24, 2.45) is 5.92 Å². The number of unbranched alkanes of at least 4 members (excludes halogenated alkanes) is 1. The van der Waals surface area contributed by atoms with E-state index < -0.39 is 0 Å². The molecule has 0 saturated heterocycles. The van der Waals surface area contributed by atoms with Gasteiger partial charge in [0, 0.05) is 5.41 Å². The Balaban J connectivity index is 2.42. The van der Waals surface area contributed by atoms with Crippen LogP contribution in [0.4, 0.5) is 0 Å². The predicted molar refractivity (Wildman–Crippen MR) is 79.7 cm³/mol. The summed E-state index contributed by atoms with van der Waals surface area (Å²) >= 11 is 0. The number of rotatable bonds is 4. The molecule has 0 bridgehead atoms. The summed E-state index contributed by atoms with van der Waals surface area (Å²) < 4.78 is 0. The molecule has 2 unspecified atom stereocenters. The van der Waals surface area contributed by atoms with Gasteiger partial charge in [-0.25, -0.2) is 0 Å². The largest absolute Gasteiger partial charge is 0.0734 e. The van der Waals surface area contributed by atoms with Gasteiger partial charge in [0.05, 0.1) is 0 Å². The van der Waals surface area contributed by atoms with E-state index in [1.807, 2.05) is 0 Å². The number of allylic oxidation sites excluding steroid dienone is 4. The maximum atomic E-state index is 2.43. The summed E-state index contributed by atoms with van der Waals surface area (Å²) in [6.07, 6.45) is 10.7. The first-order chi connectivity index (χ1) is 8.70. The van der Waals surface area contributed by atoms with Gasteiger partial charge in [0.1, 0.15) is 0 Å². The Bertz CT molecular complexity index is 438. The summed E-state index contributed by atoms with van der Waals surface area (Å²) in [6, 6.07) is 11.0. The van der Waals surface area contributed by atoms with Crippen molar-refractivity contribution in [3.63, 3.8) is 0 Å². The van der Waals surface area contributed by atoms with Gasteiger partial charge in [-0.3, -0.25) is 0 Å². The Morgan fingerprint density at radius 3 is 2.56 bits per heavy atom. The van der Waals surface area contributed by atoms with E-state index in [1.165, 1.54) is 30.4 Å². The van der Waals surface area contributed by atoms with Crippen LogP contribution in [-0.4, -0.2) is 0 Å². The number of hydrogen-bond donors (Lipinski definition) is 0. The summed E-state index contributed by atoms with van der Waals surface area (Å²) in [7, 11) is 0. The summed E-state index contributed by atoms with van der Waals surface area (Å²) in [5.74, 6) is 0.594. The van der Waals surface area contributed by atoms with Crippen molar-refractivity contribution in [3.05, 3.63) is 59.7 Å². The lowest BCUT2D eigenvalue weighted by molar-refractivity contribution is 0.360. The van der Waals surface area contributed by atoms with Gasteiger partial charge in [-0.15, -0.1) is 0 Å². The van der Waals surface area contributed by atoms with Gasteiger partial charge in [-0.2, -0.15) is 0 Å². The molecule has 0 saturated carbocycles. The molecule has 0 radical (unpaired) electrons. The molecule has 0 aliphatic heterocycles. The molecule has 0 fully saturated rings. The topological polar surface area (TPSA) is 0 Å². The van der Waals surface area contributed by atoms with Gasteiger partial charge in [0.2, 0.25) is 0 Å². The van der Waals surface area contributed by atoms with Crippen molar-refractivity contribution >= 4 is 0 Å². The van der Waals surface area contributed by atoms with Crippen LogP contribution in [0.3, 0.4) is 0 Å². The Kier molecular flexibility index (Phi) is 4.06. The number of hydrogen-bond acceptors (Lipinski definition) is 0. The fraction of sp³-hybridized carbons (Fsp3) is 0.444. The normalized spacial score (nSPS) is 27.1. The van der Waals surface area contributed by atoms with Gasteiger partial charge in [0.25, 0.3) is 0 Å². The van der Waals surface area contributed by atoms with Crippen LogP contribution in [0.1, 0.15) is 45.6 Å². The maximum Gasteiger partial charge on any atom is 0.0198 e. The predicted octanol–water partition coefficient (Wildman–Crippen LogP) is 5.27. The minimum Gasteiger partial charge on any atom is -0.0734 e. The third-order valence-corrected chi connectivity index (χ3v) is 4.46. The molecule has 1 aliphatic rings. The lowest BCUT2D eigenvalue weighted by Crippen LogP contribution is -2.34. The fourth-order valence-corrected chi connectivity index (χ4v) is 3.07. The SMILES string of the molecule is CCCCC1(c2ccccc2)C=CC=C(C)C1C. The smallest absolute Gasteiger partial charge is 0.0198 e. The van der Waals surface area contributed by atoms with Crippen molar-refractivity contribution in [2.75, 3.05) is 0 Å². The zero-order chi connectivity index (χ0) is 13.0. The molecule has 0 heterocycles. The van der Waals surface area contributed by atoms with Crippen LogP contribution in [-0.2, 0) is 5.41 Å². The highest BCUT2D eigenvalue weighted by molar-refractivity contribution is 5.39. The van der Waals surface area contributed by atoms with Gasteiger partial charge >= 0.3 is 0 Å². The second kappa shape index (κ2) is 5.56. The van der Waals surface area contributed by atoms with Crippen molar-refractivity contribution < 1.29 is 0 Å². The molecule has 1 aliphatic carbocycles. The first-order valence-corrected chi connectivity index (χ1v) is 7.12. The van der Waals surface area contributed by atoms with E-state index in [4.69, 9.17) is 0 Å². The molecular weight excluding hydrogens is 216 g/mol. The fourth-order valence-electron chi connectivity index (χ4n) is 3.07. The quantitative estimate of drug-likeness (QED) is 0.673. The van der Waals surface area contributed by atoms with Crippen LogP contribution >= 0.6 is 0 Å². The van der Waals surface area contributed by atoms with E-state index in [1.54, 1.807) is 0 Å². The summed E-state index contributed by atoms with van der Waals surface area (Å²) in [5.41, 5.74) is 3.17. The van der Waals surface area contributed by atoms with Gasteiger partial charge in [-0.1, -0.05) is 80.8 Å². The molecule has 1 aromatic rings. The summed E-state index contributed by atoms with van der Waals surface area (Å²) in [5, 5.41) is 0. The molecule has 0 aromatic heterocycles. The molecule has 96 valence electrons. The van der Waals surface area contributed by atoms with Crippen molar-refractivity contribution in [1.29, 1.82) is 0 Å². The van der Waals surface area contributed by atoms with Crippen molar-refractivity contribution in [1.82, 2.24) is 0 Å². The van der Waals surface area contributed by atoms with Crippen molar-refractivity contribution in [2.45, 2.75) is 45.4 Å². The molecule has 2 atom stereocenters.